The molecule has 0 fully saturated rings. The first-order chi connectivity index (χ1) is 9.95. The van der Waals surface area contributed by atoms with Crippen molar-refractivity contribution in [3.8, 4) is 5.75 Å². The Morgan fingerprint density at radius 3 is 2.81 bits per heavy atom. The fourth-order valence-corrected chi connectivity index (χ4v) is 1.48. The lowest BCUT2D eigenvalue weighted by Crippen LogP contribution is -2.22. The number of nitrogens with zero attached hydrogens (tertiary/aromatic N) is 1. The summed E-state index contributed by atoms with van der Waals surface area (Å²) in [6, 6.07) is 6.08. The number of nitrogens with one attached hydrogen (secondary N) is 1. The molecular formula is C14H14N2O5. The van der Waals surface area contributed by atoms with Gasteiger partial charge >= 0.3 is 12.0 Å². The SMILES string of the molecule is Cc1cnc(NC(=O)c2cccc(OC(=O)C(C)O)c2)o1. The second-order valence-corrected chi connectivity index (χ2v) is 4.36. The third-order valence-electron chi connectivity index (χ3n) is 2.50. The Morgan fingerprint density at radius 2 is 2.19 bits per heavy atom. The monoisotopic (exact) mass is 290 g/mol. The van der Waals surface area contributed by atoms with E-state index in [0.717, 1.165) is 0 Å². The van der Waals surface area contributed by atoms with Crippen molar-refractivity contribution in [2.75, 3.05) is 5.32 Å². The molecular weight excluding hydrogens is 276 g/mol. The first-order valence-corrected chi connectivity index (χ1v) is 6.19. The lowest BCUT2D eigenvalue weighted by Gasteiger charge is -2.07. The molecule has 7 nitrogen and oxygen atoms in total. The van der Waals surface area contributed by atoms with Crippen LogP contribution in [0.3, 0.4) is 0 Å². The summed E-state index contributed by atoms with van der Waals surface area (Å²) in [6.45, 7) is 3.00. The van der Waals surface area contributed by atoms with Crippen molar-refractivity contribution in [2.45, 2.75) is 20.0 Å². The molecule has 1 aromatic carbocycles. The van der Waals surface area contributed by atoms with Crippen LogP contribution in [0.4, 0.5) is 6.01 Å². The van der Waals surface area contributed by atoms with Crippen LogP contribution >= 0.6 is 0 Å². The minimum Gasteiger partial charge on any atom is -0.429 e. The van der Waals surface area contributed by atoms with E-state index in [4.69, 9.17) is 14.3 Å². The van der Waals surface area contributed by atoms with Crippen LogP contribution < -0.4 is 10.1 Å². The van der Waals surface area contributed by atoms with Gasteiger partial charge in [0.25, 0.3) is 5.91 Å². The maximum absolute atomic E-state index is 12.0. The molecule has 2 N–H and O–H groups in total. The van der Waals surface area contributed by atoms with Crippen LogP contribution in [-0.4, -0.2) is 28.1 Å². The minimum absolute atomic E-state index is 0.0869. The van der Waals surface area contributed by atoms with Gasteiger partial charge in [0.1, 0.15) is 17.6 Å². The van der Waals surface area contributed by atoms with Gasteiger partial charge in [-0.3, -0.25) is 10.1 Å². The van der Waals surface area contributed by atoms with Gasteiger partial charge in [-0.15, -0.1) is 0 Å². The molecule has 0 radical (unpaired) electrons. The normalized spacial score (nSPS) is 11.8. The van der Waals surface area contributed by atoms with Crippen molar-refractivity contribution < 1.29 is 23.8 Å². The van der Waals surface area contributed by atoms with E-state index in [2.05, 4.69) is 10.3 Å². The Labute approximate surface area is 120 Å². The number of aryl methyl sites for hydroxylation is 1. The largest absolute Gasteiger partial charge is 0.429 e. The number of ether oxygens (including phenoxy) is 1. The van der Waals surface area contributed by atoms with Crippen molar-refractivity contribution in [2.24, 2.45) is 0 Å². The number of carbonyl (C=O) groups excluding carboxylic acids is 2. The molecule has 1 amide bonds. The number of carbonyl (C=O) groups is 2. The van der Waals surface area contributed by atoms with Gasteiger partial charge in [-0.1, -0.05) is 6.07 Å². The van der Waals surface area contributed by atoms with Crippen LogP contribution in [0.2, 0.25) is 0 Å². The van der Waals surface area contributed by atoms with Crippen molar-refractivity contribution in [1.29, 1.82) is 0 Å². The highest BCUT2D eigenvalue weighted by Gasteiger charge is 2.14. The van der Waals surface area contributed by atoms with Crippen LogP contribution in [0.5, 0.6) is 5.75 Å². The zero-order valence-corrected chi connectivity index (χ0v) is 11.5. The molecule has 0 spiro atoms. The number of amides is 1. The predicted molar refractivity (Wildman–Crippen MR) is 73.0 cm³/mol. The van der Waals surface area contributed by atoms with Gasteiger partial charge < -0.3 is 14.3 Å². The van der Waals surface area contributed by atoms with Crippen LogP contribution in [0.25, 0.3) is 0 Å². The van der Waals surface area contributed by atoms with E-state index < -0.39 is 18.0 Å². The van der Waals surface area contributed by atoms with Crippen LogP contribution in [-0.2, 0) is 4.79 Å². The number of esters is 1. The number of rotatable bonds is 4. The summed E-state index contributed by atoms with van der Waals surface area (Å²) in [5.41, 5.74) is 0.266. The first-order valence-electron chi connectivity index (χ1n) is 6.19. The van der Waals surface area contributed by atoms with Gasteiger partial charge in [-0.2, -0.15) is 0 Å². The molecule has 1 heterocycles. The second kappa shape index (κ2) is 6.19. The molecule has 110 valence electrons. The van der Waals surface area contributed by atoms with Crippen molar-refractivity contribution in [1.82, 2.24) is 4.98 Å². The molecule has 0 saturated heterocycles. The van der Waals surface area contributed by atoms with Crippen molar-refractivity contribution in [3.63, 3.8) is 0 Å². The second-order valence-electron chi connectivity index (χ2n) is 4.36. The summed E-state index contributed by atoms with van der Waals surface area (Å²) in [4.78, 5) is 27.1. The third-order valence-corrected chi connectivity index (χ3v) is 2.50. The third kappa shape index (κ3) is 3.90. The Balaban J connectivity index is 2.09. The van der Waals surface area contributed by atoms with E-state index in [1.807, 2.05) is 0 Å². The molecule has 7 heteroatoms. The van der Waals surface area contributed by atoms with Gasteiger partial charge in [0, 0.05) is 5.56 Å². The standard InChI is InChI=1S/C14H14N2O5/c1-8-7-15-14(20-8)16-12(18)10-4-3-5-11(6-10)21-13(19)9(2)17/h3-7,9,17H,1-2H3,(H,15,16,18). The average molecular weight is 290 g/mol. The average Bonchev–Trinajstić information content (AvgIpc) is 2.84. The molecule has 1 unspecified atom stereocenters. The van der Waals surface area contributed by atoms with Crippen molar-refractivity contribution >= 4 is 17.9 Å². The van der Waals surface area contributed by atoms with E-state index >= 15 is 0 Å². The van der Waals surface area contributed by atoms with Gasteiger partial charge in [-0.25, -0.2) is 9.78 Å². The zero-order chi connectivity index (χ0) is 15.4. The molecule has 1 aromatic heterocycles. The number of anilines is 1. The smallest absolute Gasteiger partial charge is 0.340 e. The van der Waals surface area contributed by atoms with Gasteiger partial charge in [0.05, 0.1) is 6.20 Å². The summed E-state index contributed by atoms with van der Waals surface area (Å²) in [6.07, 6.45) is 0.244. The molecule has 21 heavy (non-hydrogen) atoms. The highest BCUT2D eigenvalue weighted by molar-refractivity contribution is 6.03. The summed E-state index contributed by atoms with van der Waals surface area (Å²) < 4.78 is 10.1. The lowest BCUT2D eigenvalue weighted by atomic mass is 10.2. The molecule has 1 atom stereocenters. The fraction of sp³-hybridized carbons (Fsp3) is 0.214. The number of oxazole rings is 1. The number of benzene rings is 1. The number of aromatic nitrogens is 1. The maximum atomic E-state index is 12.0. The molecule has 2 rings (SSSR count). The Morgan fingerprint density at radius 1 is 1.43 bits per heavy atom. The Kier molecular flexibility index (Phi) is 4.34. The highest BCUT2D eigenvalue weighted by atomic mass is 16.5. The predicted octanol–water partition coefficient (Wildman–Crippen LogP) is 1.52. The maximum Gasteiger partial charge on any atom is 0.340 e. The number of aliphatic hydroxyl groups excluding tert-OH is 1. The van der Waals surface area contributed by atoms with E-state index in [0.29, 0.717) is 5.76 Å². The Hall–Kier alpha value is -2.67. The molecule has 0 aliphatic carbocycles. The molecule has 0 aliphatic heterocycles. The zero-order valence-electron chi connectivity index (χ0n) is 11.5. The number of aliphatic hydroxyl groups is 1. The molecule has 0 bridgehead atoms. The molecule has 0 saturated carbocycles. The first kappa shape index (κ1) is 14.7. The lowest BCUT2D eigenvalue weighted by molar-refractivity contribution is -0.142. The summed E-state index contributed by atoms with van der Waals surface area (Å²) >= 11 is 0. The van der Waals surface area contributed by atoms with Crippen LogP contribution in [0, 0.1) is 6.92 Å². The summed E-state index contributed by atoms with van der Waals surface area (Å²) in [5.74, 6) is -0.510. The van der Waals surface area contributed by atoms with Crippen LogP contribution in [0.1, 0.15) is 23.0 Å². The van der Waals surface area contributed by atoms with E-state index in [1.165, 1.54) is 25.3 Å². The van der Waals surface area contributed by atoms with E-state index in [-0.39, 0.29) is 17.3 Å². The number of hydrogen-bond acceptors (Lipinski definition) is 6. The van der Waals surface area contributed by atoms with E-state index in [1.54, 1.807) is 19.1 Å². The summed E-state index contributed by atoms with van der Waals surface area (Å²) in [7, 11) is 0. The highest BCUT2D eigenvalue weighted by Crippen LogP contribution is 2.16. The molecule has 0 aliphatic rings. The van der Waals surface area contributed by atoms with Crippen molar-refractivity contribution in [3.05, 3.63) is 41.8 Å². The molecule has 2 aromatic rings. The van der Waals surface area contributed by atoms with Gasteiger partial charge in [0.15, 0.2) is 0 Å². The number of hydrogen-bond donors (Lipinski definition) is 2. The van der Waals surface area contributed by atoms with Gasteiger partial charge in [-0.05, 0) is 32.0 Å². The Bertz CT molecular complexity index is 663. The quantitative estimate of drug-likeness (QED) is 0.654. The summed E-state index contributed by atoms with van der Waals surface area (Å²) in [5, 5.41) is 11.6. The topological polar surface area (TPSA) is 102 Å². The van der Waals surface area contributed by atoms with E-state index in [9.17, 15) is 9.59 Å². The minimum atomic E-state index is -1.24. The van der Waals surface area contributed by atoms with Gasteiger partial charge in [0.2, 0.25) is 0 Å². The fourth-order valence-electron chi connectivity index (χ4n) is 1.48. The van der Waals surface area contributed by atoms with Crippen LogP contribution in [0.15, 0.2) is 34.9 Å².